The Labute approximate surface area is 239 Å². The number of thioether (sulfide) groups is 1. The van der Waals surface area contributed by atoms with Crippen molar-refractivity contribution >= 4 is 45.9 Å². The van der Waals surface area contributed by atoms with Gasteiger partial charge in [0, 0.05) is 43.2 Å². The number of amides is 3. The number of hydrogen-bond acceptors (Lipinski definition) is 5. The Bertz CT molecular complexity index is 1410. The monoisotopic (exact) mass is 559 g/mol. The number of aliphatic hydroxyl groups is 1. The highest BCUT2D eigenvalue weighted by molar-refractivity contribution is 8.02. The van der Waals surface area contributed by atoms with Crippen molar-refractivity contribution in [3.8, 4) is 0 Å². The molecule has 4 heterocycles. The summed E-state index contributed by atoms with van der Waals surface area (Å²) in [6.07, 6.45) is 10.2. The third-order valence-corrected chi connectivity index (χ3v) is 10.8. The lowest BCUT2D eigenvalue weighted by molar-refractivity contribution is -0.143. The van der Waals surface area contributed by atoms with Gasteiger partial charge in [-0.05, 0) is 49.1 Å². The molecule has 1 N–H and O–H groups in total. The van der Waals surface area contributed by atoms with Crippen LogP contribution in [0.15, 0.2) is 66.8 Å². The zero-order chi connectivity index (χ0) is 28.1. The van der Waals surface area contributed by atoms with Crippen LogP contribution in [0.25, 0.3) is 10.8 Å². The molecule has 0 saturated carbocycles. The fourth-order valence-electron chi connectivity index (χ4n) is 7.25. The Morgan fingerprint density at radius 1 is 0.900 bits per heavy atom. The van der Waals surface area contributed by atoms with E-state index in [9.17, 15) is 19.5 Å². The lowest BCUT2D eigenvalue weighted by Gasteiger charge is -2.37. The first kappa shape index (κ1) is 27.1. The smallest absolute Gasteiger partial charge is 0.251 e. The Kier molecular flexibility index (Phi) is 7.03. The fraction of sp³-hybridized carbons (Fsp3) is 0.469. The zero-order valence-electron chi connectivity index (χ0n) is 23.2. The molecule has 40 heavy (non-hydrogen) atoms. The summed E-state index contributed by atoms with van der Waals surface area (Å²) in [4.78, 5) is 48.5. The molecule has 2 fully saturated rings. The molecule has 8 heteroatoms. The van der Waals surface area contributed by atoms with Crippen LogP contribution in [0, 0.1) is 11.8 Å². The highest BCUT2D eigenvalue weighted by Crippen LogP contribution is 2.65. The third-order valence-electron chi connectivity index (χ3n) is 8.99. The number of carbonyl (C=O) groups excluding carboxylic acids is 3. The van der Waals surface area contributed by atoms with E-state index in [1.165, 1.54) is 0 Å². The molecule has 0 aliphatic carbocycles. The summed E-state index contributed by atoms with van der Waals surface area (Å²) >= 11 is 1.62. The van der Waals surface area contributed by atoms with Crippen LogP contribution in [0.5, 0.6) is 0 Å². The van der Waals surface area contributed by atoms with E-state index in [0.717, 1.165) is 22.9 Å². The fourth-order valence-corrected chi connectivity index (χ4v) is 9.41. The van der Waals surface area contributed by atoms with Gasteiger partial charge in [0.05, 0.1) is 16.6 Å². The van der Waals surface area contributed by atoms with Crippen molar-refractivity contribution in [2.75, 3.05) is 37.7 Å². The van der Waals surface area contributed by atoms with Gasteiger partial charge >= 0.3 is 0 Å². The van der Waals surface area contributed by atoms with Gasteiger partial charge in [0.1, 0.15) is 6.04 Å². The number of aliphatic hydroxyl groups excluding tert-OH is 1. The van der Waals surface area contributed by atoms with Gasteiger partial charge in [0.15, 0.2) is 0 Å². The third kappa shape index (κ3) is 4.10. The molecule has 0 aromatic heterocycles. The predicted octanol–water partition coefficient (Wildman–Crippen LogP) is 4.01. The van der Waals surface area contributed by atoms with Crippen molar-refractivity contribution in [2.45, 2.75) is 48.6 Å². The topological polar surface area (TPSA) is 81.2 Å². The largest absolute Gasteiger partial charge is 0.396 e. The molecule has 3 amide bonds. The van der Waals surface area contributed by atoms with Crippen LogP contribution in [0.1, 0.15) is 33.1 Å². The maximum atomic E-state index is 14.6. The molecule has 5 atom stereocenters. The van der Waals surface area contributed by atoms with Gasteiger partial charge in [-0.15, -0.1) is 11.8 Å². The van der Waals surface area contributed by atoms with E-state index in [1.54, 1.807) is 21.6 Å². The molecule has 4 aliphatic rings. The van der Waals surface area contributed by atoms with Gasteiger partial charge in [0.2, 0.25) is 11.8 Å². The van der Waals surface area contributed by atoms with Crippen LogP contribution in [-0.4, -0.2) is 80.9 Å². The predicted molar refractivity (Wildman–Crippen MR) is 159 cm³/mol. The Morgan fingerprint density at radius 2 is 1.68 bits per heavy atom. The summed E-state index contributed by atoms with van der Waals surface area (Å²) in [5.41, 5.74) is 0.796. The van der Waals surface area contributed by atoms with Crippen LogP contribution in [0.4, 0.5) is 5.69 Å². The number of likely N-dealkylation sites (tertiary alicyclic amines) is 1. The molecule has 2 saturated heterocycles. The summed E-state index contributed by atoms with van der Waals surface area (Å²) < 4.78 is -1.45. The molecule has 210 valence electrons. The zero-order valence-corrected chi connectivity index (χ0v) is 24.0. The number of hydrogen-bond donors (Lipinski definition) is 1. The molecule has 0 bridgehead atoms. The number of nitrogens with zero attached hydrogens (tertiary/aromatic N) is 3. The summed E-state index contributed by atoms with van der Waals surface area (Å²) in [6.45, 7) is 6.10. The Hall–Kier alpha value is -3.10. The van der Waals surface area contributed by atoms with E-state index in [-0.39, 0.29) is 24.3 Å². The first-order chi connectivity index (χ1) is 19.3. The molecule has 2 aromatic carbocycles. The van der Waals surface area contributed by atoms with Crippen LogP contribution in [-0.2, 0) is 14.4 Å². The average Bonchev–Trinajstić information content (AvgIpc) is 3.21. The van der Waals surface area contributed by atoms with Gasteiger partial charge in [-0.3, -0.25) is 14.4 Å². The quantitative estimate of drug-likeness (QED) is 0.410. The Morgan fingerprint density at radius 3 is 2.45 bits per heavy atom. The van der Waals surface area contributed by atoms with Crippen molar-refractivity contribution in [2.24, 2.45) is 11.8 Å². The molecular weight excluding hydrogens is 522 g/mol. The Balaban J connectivity index is 1.45. The van der Waals surface area contributed by atoms with Crippen LogP contribution in [0.2, 0.25) is 0 Å². The van der Waals surface area contributed by atoms with Gasteiger partial charge < -0.3 is 19.8 Å². The van der Waals surface area contributed by atoms with E-state index >= 15 is 0 Å². The van der Waals surface area contributed by atoms with Crippen molar-refractivity contribution in [1.29, 1.82) is 0 Å². The van der Waals surface area contributed by atoms with Crippen molar-refractivity contribution in [3.05, 3.63) is 66.8 Å². The maximum absolute atomic E-state index is 14.6. The minimum absolute atomic E-state index is 0.00418. The molecule has 1 unspecified atom stereocenters. The number of fused-ring (bicyclic) bond motifs is 3. The number of anilines is 1. The minimum Gasteiger partial charge on any atom is -0.396 e. The summed E-state index contributed by atoms with van der Waals surface area (Å²) in [7, 11) is 0. The molecular formula is C32H37N3O4S. The van der Waals surface area contributed by atoms with Crippen molar-refractivity contribution in [3.63, 3.8) is 0 Å². The second-order valence-corrected chi connectivity index (χ2v) is 13.3. The van der Waals surface area contributed by atoms with Crippen LogP contribution in [0.3, 0.4) is 0 Å². The van der Waals surface area contributed by atoms with E-state index in [1.807, 2.05) is 53.4 Å². The number of unbranched alkanes of at least 4 members (excludes halogenated alkanes) is 1. The summed E-state index contributed by atoms with van der Waals surface area (Å²) in [5, 5.41) is 11.6. The number of rotatable bonds is 7. The highest BCUT2D eigenvalue weighted by atomic mass is 32.2. The number of benzene rings is 2. The normalized spacial score (nSPS) is 31.4. The van der Waals surface area contributed by atoms with Crippen LogP contribution >= 0.6 is 11.8 Å². The number of carbonyl (C=O) groups is 3. The summed E-state index contributed by atoms with van der Waals surface area (Å²) in [5.74, 6) is -1.42. The van der Waals surface area contributed by atoms with Gasteiger partial charge in [-0.2, -0.15) is 0 Å². The van der Waals surface area contributed by atoms with Crippen LogP contribution < -0.4 is 4.90 Å². The molecule has 2 aromatic rings. The summed E-state index contributed by atoms with van der Waals surface area (Å²) in [6, 6.07) is 13.4. The maximum Gasteiger partial charge on any atom is 0.251 e. The first-order valence-electron chi connectivity index (χ1n) is 14.4. The van der Waals surface area contributed by atoms with Gasteiger partial charge in [0.25, 0.3) is 5.91 Å². The lowest BCUT2D eigenvalue weighted by atomic mass is 9.74. The van der Waals surface area contributed by atoms with Crippen molar-refractivity contribution in [1.82, 2.24) is 9.80 Å². The van der Waals surface area contributed by atoms with E-state index in [4.69, 9.17) is 0 Å². The average molecular weight is 560 g/mol. The minimum atomic E-state index is -0.854. The second kappa shape index (κ2) is 10.4. The lowest BCUT2D eigenvalue weighted by Crippen LogP contribution is -2.53. The molecule has 7 nitrogen and oxygen atoms in total. The van der Waals surface area contributed by atoms with E-state index < -0.39 is 27.4 Å². The molecule has 4 aliphatic heterocycles. The highest BCUT2D eigenvalue weighted by Gasteiger charge is 2.73. The molecule has 0 radical (unpaired) electrons. The van der Waals surface area contributed by atoms with E-state index in [2.05, 4.69) is 32.1 Å². The van der Waals surface area contributed by atoms with Crippen molar-refractivity contribution < 1.29 is 19.5 Å². The second-order valence-electron chi connectivity index (χ2n) is 11.5. The molecule has 1 spiro atoms. The SMILES string of the molecule is CCCN1CC=C[C@@]2(C)S[C@]34C=CCN(c5ccc6ccccc6c5)C(=O)C3N(CCCCO)C(=O)[C@@H]4[C@H]2C1=O. The van der Waals surface area contributed by atoms with E-state index in [0.29, 0.717) is 39.0 Å². The first-order valence-corrected chi connectivity index (χ1v) is 15.2. The van der Waals surface area contributed by atoms with Gasteiger partial charge in [-0.25, -0.2) is 0 Å². The molecule has 6 rings (SSSR count). The standard InChI is InChI=1S/C32H37N3O4S/c1-3-16-33-17-8-14-31(2)25(28(33)37)26-29(38)35(18-6-7-20-36)27-30(39)34(19-9-15-32(26,27)40-31)24-13-12-22-10-4-5-11-23(22)21-24/h4-5,8-15,21,25-27,36H,3,6-7,16-20H2,1-2H3/t25-,26-,27?,31+,32-/m0/s1. The van der Waals surface area contributed by atoms with Gasteiger partial charge in [-0.1, -0.05) is 61.6 Å².